The molecule has 2 saturated heterocycles. The number of benzene rings is 1. The lowest BCUT2D eigenvalue weighted by Crippen LogP contribution is -2.44. The average molecular weight is 303 g/mol. The summed E-state index contributed by atoms with van der Waals surface area (Å²) in [5.41, 5.74) is -0.105. The van der Waals surface area contributed by atoms with Crippen LogP contribution in [-0.2, 0) is 4.74 Å². The second-order valence-corrected chi connectivity index (χ2v) is 6.52. The van der Waals surface area contributed by atoms with Gasteiger partial charge in [-0.2, -0.15) is 11.8 Å². The summed E-state index contributed by atoms with van der Waals surface area (Å²) in [7, 11) is 0. The van der Waals surface area contributed by atoms with Gasteiger partial charge < -0.3 is 10.1 Å². The molecular weight excluding hydrogens is 287 g/mol. The van der Waals surface area contributed by atoms with Gasteiger partial charge in [-0.3, -0.25) is 0 Å². The van der Waals surface area contributed by atoms with E-state index in [9.17, 15) is 13.2 Å². The fraction of sp³-hybridized carbons (Fsp3) is 0.571. The molecule has 1 N–H and O–H groups in total. The predicted octanol–water partition coefficient (Wildman–Crippen LogP) is 3.57. The van der Waals surface area contributed by atoms with E-state index >= 15 is 0 Å². The SMILES string of the molecule is Fc1cc(F)c(NC2CCOC3(CCSC3)C2)cc1F. The zero-order valence-electron chi connectivity index (χ0n) is 10.9. The molecule has 0 aliphatic carbocycles. The Balaban J connectivity index is 1.73. The van der Waals surface area contributed by atoms with Gasteiger partial charge in [-0.1, -0.05) is 0 Å². The summed E-state index contributed by atoms with van der Waals surface area (Å²) < 4.78 is 45.6. The molecule has 2 fully saturated rings. The molecule has 6 heteroatoms. The van der Waals surface area contributed by atoms with Crippen molar-refractivity contribution in [1.82, 2.24) is 0 Å². The molecule has 3 rings (SSSR count). The minimum absolute atomic E-state index is 0.0246. The van der Waals surface area contributed by atoms with E-state index in [1.54, 1.807) is 0 Å². The lowest BCUT2D eigenvalue weighted by Gasteiger charge is -2.38. The normalized spacial score (nSPS) is 29.9. The van der Waals surface area contributed by atoms with E-state index in [0.717, 1.165) is 36.8 Å². The van der Waals surface area contributed by atoms with Crippen LogP contribution >= 0.6 is 11.8 Å². The number of hydrogen-bond acceptors (Lipinski definition) is 3. The van der Waals surface area contributed by atoms with Crippen LogP contribution in [0.25, 0.3) is 0 Å². The van der Waals surface area contributed by atoms with Gasteiger partial charge in [0.05, 0.1) is 11.3 Å². The Morgan fingerprint density at radius 1 is 1.20 bits per heavy atom. The number of nitrogens with one attached hydrogen (secondary N) is 1. The van der Waals surface area contributed by atoms with Crippen LogP contribution in [-0.4, -0.2) is 29.8 Å². The lowest BCUT2D eigenvalue weighted by molar-refractivity contribution is -0.0628. The molecule has 110 valence electrons. The second kappa shape index (κ2) is 5.48. The number of anilines is 1. The first-order valence-corrected chi connectivity index (χ1v) is 7.86. The average Bonchev–Trinajstić information content (AvgIpc) is 2.84. The number of thioether (sulfide) groups is 1. The molecule has 2 nitrogen and oxygen atoms in total. The Morgan fingerprint density at radius 2 is 2.00 bits per heavy atom. The van der Waals surface area contributed by atoms with Gasteiger partial charge in [0.15, 0.2) is 11.6 Å². The van der Waals surface area contributed by atoms with Crippen LogP contribution in [0.2, 0.25) is 0 Å². The van der Waals surface area contributed by atoms with Crippen LogP contribution in [0, 0.1) is 17.5 Å². The van der Waals surface area contributed by atoms with Crippen molar-refractivity contribution in [2.24, 2.45) is 0 Å². The Morgan fingerprint density at radius 3 is 2.75 bits per heavy atom. The maximum atomic E-state index is 13.6. The van der Waals surface area contributed by atoms with E-state index in [-0.39, 0.29) is 17.3 Å². The summed E-state index contributed by atoms with van der Waals surface area (Å²) in [6.07, 6.45) is 2.51. The van der Waals surface area contributed by atoms with Gasteiger partial charge in [0.1, 0.15) is 5.82 Å². The van der Waals surface area contributed by atoms with E-state index < -0.39 is 17.5 Å². The molecule has 0 bridgehead atoms. The molecule has 0 amide bonds. The van der Waals surface area contributed by atoms with Gasteiger partial charge in [0.25, 0.3) is 0 Å². The molecule has 1 aromatic rings. The summed E-state index contributed by atoms with van der Waals surface area (Å²) in [6.45, 7) is 0.615. The van der Waals surface area contributed by atoms with Crippen LogP contribution in [0.4, 0.5) is 18.9 Å². The van der Waals surface area contributed by atoms with Crippen LogP contribution in [0.15, 0.2) is 12.1 Å². The highest BCUT2D eigenvalue weighted by molar-refractivity contribution is 7.99. The van der Waals surface area contributed by atoms with Gasteiger partial charge in [0, 0.05) is 30.5 Å². The molecule has 2 unspecified atom stereocenters. The predicted molar refractivity (Wildman–Crippen MR) is 73.6 cm³/mol. The van der Waals surface area contributed by atoms with E-state index in [1.807, 2.05) is 11.8 Å². The molecule has 2 atom stereocenters. The first-order valence-electron chi connectivity index (χ1n) is 6.71. The third-order valence-corrected chi connectivity index (χ3v) is 5.15. The summed E-state index contributed by atoms with van der Waals surface area (Å²) in [5, 5.41) is 3.00. The van der Waals surface area contributed by atoms with E-state index in [4.69, 9.17) is 4.74 Å². The fourth-order valence-corrected chi connectivity index (χ4v) is 4.25. The first-order chi connectivity index (χ1) is 9.58. The van der Waals surface area contributed by atoms with E-state index in [1.165, 1.54) is 0 Å². The van der Waals surface area contributed by atoms with Crippen molar-refractivity contribution in [3.8, 4) is 0 Å². The van der Waals surface area contributed by atoms with Gasteiger partial charge in [-0.15, -0.1) is 0 Å². The zero-order chi connectivity index (χ0) is 14.2. The number of hydrogen-bond donors (Lipinski definition) is 1. The highest BCUT2D eigenvalue weighted by atomic mass is 32.2. The van der Waals surface area contributed by atoms with Gasteiger partial charge in [-0.25, -0.2) is 13.2 Å². The van der Waals surface area contributed by atoms with Crippen molar-refractivity contribution in [2.45, 2.75) is 30.9 Å². The van der Waals surface area contributed by atoms with Gasteiger partial charge in [-0.05, 0) is 25.0 Å². The van der Waals surface area contributed by atoms with Crippen molar-refractivity contribution in [2.75, 3.05) is 23.4 Å². The Labute approximate surface area is 120 Å². The van der Waals surface area contributed by atoms with Gasteiger partial charge >= 0.3 is 0 Å². The number of rotatable bonds is 2. The highest BCUT2D eigenvalue weighted by Gasteiger charge is 2.40. The van der Waals surface area contributed by atoms with Crippen LogP contribution in [0.5, 0.6) is 0 Å². The quantitative estimate of drug-likeness (QED) is 0.844. The molecule has 2 heterocycles. The van der Waals surface area contributed by atoms with Crippen molar-refractivity contribution in [1.29, 1.82) is 0 Å². The second-order valence-electron chi connectivity index (χ2n) is 5.41. The monoisotopic (exact) mass is 303 g/mol. The van der Waals surface area contributed by atoms with Gasteiger partial charge in [0.2, 0.25) is 0 Å². The van der Waals surface area contributed by atoms with Crippen LogP contribution in [0.1, 0.15) is 19.3 Å². The minimum atomic E-state index is -1.16. The Hall–Kier alpha value is -0.880. The topological polar surface area (TPSA) is 21.3 Å². The van der Waals surface area contributed by atoms with E-state index in [2.05, 4.69) is 5.32 Å². The molecule has 2 aliphatic rings. The number of halogens is 3. The highest BCUT2D eigenvalue weighted by Crippen LogP contribution is 2.39. The van der Waals surface area contributed by atoms with Crippen LogP contribution in [0.3, 0.4) is 0 Å². The van der Waals surface area contributed by atoms with Crippen molar-refractivity contribution in [3.63, 3.8) is 0 Å². The fourth-order valence-electron chi connectivity index (χ4n) is 2.87. The summed E-state index contributed by atoms with van der Waals surface area (Å²) in [4.78, 5) is 0. The summed E-state index contributed by atoms with van der Waals surface area (Å²) >= 11 is 1.86. The van der Waals surface area contributed by atoms with E-state index in [0.29, 0.717) is 12.7 Å². The largest absolute Gasteiger partial charge is 0.380 e. The lowest BCUT2D eigenvalue weighted by atomic mass is 9.89. The molecule has 0 aromatic heterocycles. The smallest absolute Gasteiger partial charge is 0.161 e. The third-order valence-electron chi connectivity index (χ3n) is 3.93. The summed E-state index contributed by atoms with van der Waals surface area (Å²) in [5.74, 6) is -0.932. The third kappa shape index (κ3) is 2.76. The summed E-state index contributed by atoms with van der Waals surface area (Å²) in [6, 6.07) is 1.50. The zero-order valence-corrected chi connectivity index (χ0v) is 11.7. The molecule has 1 spiro atoms. The molecule has 0 radical (unpaired) electrons. The molecule has 0 saturated carbocycles. The number of ether oxygens (including phenoxy) is 1. The molecular formula is C14H16F3NOS. The maximum absolute atomic E-state index is 13.6. The first kappa shape index (κ1) is 14.1. The Bertz CT molecular complexity index is 505. The van der Waals surface area contributed by atoms with Crippen molar-refractivity contribution in [3.05, 3.63) is 29.6 Å². The van der Waals surface area contributed by atoms with Crippen molar-refractivity contribution < 1.29 is 17.9 Å². The molecule has 20 heavy (non-hydrogen) atoms. The standard InChI is InChI=1S/C14H16F3NOS/c15-10-5-12(17)13(6-11(10)16)18-9-1-3-19-14(7-9)2-4-20-8-14/h5-6,9,18H,1-4,7-8H2. The van der Waals surface area contributed by atoms with Crippen molar-refractivity contribution >= 4 is 17.4 Å². The van der Waals surface area contributed by atoms with Crippen LogP contribution < -0.4 is 5.32 Å². The maximum Gasteiger partial charge on any atom is 0.161 e. The minimum Gasteiger partial charge on any atom is -0.380 e. The molecule has 2 aliphatic heterocycles. The Kier molecular flexibility index (Phi) is 3.86. The molecule has 1 aromatic carbocycles.